The Labute approximate surface area is 144 Å². The molecule has 4 rings (SSSR count). The van der Waals surface area contributed by atoms with Gasteiger partial charge in [-0.05, 0) is 49.8 Å². The van der Waals surface area contributed by atoms with E-state index in [-0.39, 0.29) is 5.03 Å². The first-order valence-electron chi connectivity index (χ1n) is 7.88. The highest BCUT2D eigenvalue weighted by atomic mass is 32.2. The van der Waals surface area contributed by atoms with E-state index in [1.807, 2.05) is 6.07 Å². The number of anilines is 1. The summed E-state index contributed by atoms with van der Waals surface area (Å²) in [5.41, 5.74) is 4.17. The van der Waals surface area contributed by atoms with Crippen LogP contribution < -0.4 is 4.72 Å². The van der Waals surface area contributed by atoms with Gasteiger partial charge in [-0.1, -0.05) is 17.4 Å². The molecule has 8 heteroatoms. The summed E-state index contributed by atoms with van der Waals surface area (Å²) in [6.45, 7) is 1.73. The van der Waals surface area contributed by atoms with Crippen molar-refractivity contribution in [1.82, 2.24) is 14.8 Å². The zero-order valence-corrected chi connectivity index (χ0v) is 15.2. The predicted octanol–water partition coefficient (Wildman–Crippen LogP) is 3.02. The first-order chi connectivity index (χ1) is 11.5. The zero-order valence-electron chi connectivity index (χ0n) is 13.5. The van der Waals surface area contributed by atoms with E-state index in [2.05, 4.69) is 20.9 Å². The van der Waals surface area contributed by atoms with Crippen LogP contribution in [0.15, 0.2) is 23.4 Å². The molecule has 1 aromatic carbocycles. The average Bonchev–Trinajstić information content (AvgIpc) is 3.09. The molecule has 1 aliphatic carbocycles. The molecule has 0 unspecified atom stereocenters. The second-order valence-electron chi connectivity index (χ2n) is 6.14. The number of benzene rings is 1. The molecule has 0 saturated heterocycles. The van der Waals surface area contributed by atoms with Crippen LogP contribution in [0.5, 0.6) is 0 Å². The van der Waals surface area contributed by atoms with Gasteiger partial charge in [0.2, 0.25) is 0 Å². The van der Waals surface area contributed by atoms with Gasteiger partial charge >= 0.3 is 0 Å². The second-order valence-corrected chi connectivity index (χ2v) is 8.77. The Morgan fingerprint density at radius 3 is 2.79 bits per heavy atom. The molecule has 0 bridgehead atoms. The van der Waals surface area contributed by atoms with Gasteiger partial charge in [0.25, 0.3) is 10.0 Å². The molecule has 24 heavy (non-hydrogen) atoms. The van der Waals surface area contributed by atoms with E-state index in [0.717, 1.165) is 23.1 Å². The standard InChI is InChI=1S/C16H18N4O2S2/c1-10-9-17-20(2)15(10)24(21,22)19-16-18-14-12-6-4-3-5-11(12)7-8-13(14)23-16/h7-9H,3-6H2,1-2H3,(H,18,19). The van der Waals surface area contributed by atoms with Crippen LogP contribution in [0, 0.1) is 6.92 Å². The van der Waals surface area contributed by atoms with Crippen LogP contribution >= 0.6 is 11.3 Å². The number of thiazole rings is 1. The monoisotopic (exact) mass is 362 g/mol. The topological polar surface area (TPSA) is 76.9 Å². The van der Waals surface area contributed by atoms with Crippen molar-refractivity contribution in [3.63, 3.8) is 0 Å². The van der Waals surface area contributed by atoms with Gasteiger partial charge in [-0.15, -0.1) is 0 Å². The fourth-order valence-electron chi connectivity index (χ4n) is 3.35. The number of aromatic nitrogens is 3. The van der Waals surface area contributed by atoms with E-state index in [4.69, 9.17) is 0 Å². The molecule has 0 aliphatic heterocycles. The maximum absolute atomic E-state index is 12.7. The smallest absolute Gasteiger partial charge is 0.255 e. The zero-order chi connectivity index (χ0) is 16.9. The minimum absolute atomic E-state index is 0.170. The van der Waals surface area contributed by atoms with Gasteiger partial charge in [-0.25, -0.2) is 4.98 Å². The molecule has 126 valence electrons. The average molecular weight is 362 g/mol. The van der Waals surface area contributed by atoms with Crippen molar-refractivity contribution in [2.24, 2.45) is 7.05 Å². The Kier molecular flexibility index (Phi) is 3.61. The van der Waals surface area contributed by atoms with Crippen molar-refractivity contribution in [3.05, 3.63) is 35.0 Å². The number of aryl methyl sites for hydroxylation is 4. The van der Waals surface area contributed by atoms with Gasteiger partial charge in [0.05, 0.1) is 16.4 Å². The Balaban J connectivity index is 1.75. The highest BCUT2D eigenvalue weighted by molar-refractivity contribution is 7.92. The molecular formula is C16H18N4O2S2. The van der Waals surface area contributed by atoms with Crippen LogP contribution in [-0.4, -0.2) is 23.2 Å². The van der Waals surface area contributed by atoms with Gasteiger partial charge in [-0.2, -0.15) is 13.5 Å². The van der Waals surface area contributed by atoms with Gasteiger partial charge in [0.15, 0.2) is 10.2 Å². The lowest BCUT2D eigenvalue weighted by atomic mass is 9.91. The summed E-state index contributed by atoms with van der Waals surface area (Å²) in [5.74, 6) is 0. The van der Waals surface area contributed by atoms with E-state index in [0.29, 0.717) is 10.7 Å². The van der Waals surface area contributed by atoms with Crippen LogP contribution in [0.25, 0.3) is 10.2 Å². The number of nitrogens with one attached hydrogen (secondary N) is 1. The molecule has 6 nitrogen and oxygen atoms in total. The van der Waals surface area contributed by atoms with Crippen LogP contribution in [-0.2, 0) is 29.9 Å². The fraction of sp³-hybridized carbons (Fsp3) is 0.375. The second kappa shape index (κ2) is 5.56. The van der Waals surface area contributed by atoms with E-state index in [9.17, 15) is 8.42 Å². The SMILES string of the molecule is Cc1cnn(C)c1S(=O)(=O)Nc1nc2c3c(ccc2s1)CCCC3. The first kappa shape index (κ1) is 15.6. The molecule has 1 aliphatic rings. The van der Waals surface area contributed by atoms with E-state index >= 15 is 0 Å². The van der Waals surface area contributed by atoms with Gasteiger partial charge < -0.3 is 0 Å². The summed E-state index contributed by atoms with van der Waals surface area (Å²) in [6, 6.07) is 4.20. The van der Waals surface area contributed by atoms with Crippen LogP contribution in [0.3, 0.4) is 0 Å². The van der Waals surface area contributed by atoms with E-state index in [1.54, 1.807) is 20.2 Å². The number of rotatable bonds is 3. The van der Waals surface area contributed by atoms with E-state index < -0.39 is 10.0 Å². The lowest BCUT2D eigenvalue weighted by Gasteiger charge is -2.15. The largest absolute Gasteiger partial charge is 0.281 e. The Morgan fingerprint density at radius 1 is 1.25 bits per heavy atom. The van der Waals surface area contributed by atoms with Crippen LogP contribution in [0.1, 0.15) is 29.5 Å². The minimum Gasteiger partial charge on any atom is -0.255 e. The normalized spacial score (nSPS) is 14.8. The van der Waals surface area contributed by atoms with Crippen LogP contribution in [0.2, 0.25) is 0 Å². The molecule has 0 radical (unpaired) electrons. The lowest BCUT2D eigenvalue weighted by Crippen LogP contribution is -2.17. The van der Waals surface area contributed by atoms with Crippen molar-refractivity contribution in [2.45, 2.75) is 37.6 Å². The maximum Gasteiger partial charge on any atom is 0.281 e. The van der Waals surface area contributed by atoms with Crippen molar-refractivity contribution in [1.29, 1.82) is 0 Å². The summed E-state index contributed by atoms with van der Waals surface area (Å²) in [4.78, 5) is 4.58. The molecule has 0 saturated carbocycles. The minimum atomic E-state index is -3.70. The van der Waals surface area contributed by atoms with Crippen molar-refractivity contribution >= 4 is 36.7 Å². The fourth-order valence-corrected chi connectivity index (χ4v) is 5.84. The quantitative estimate of drug-likeness (QED) is 0.777. The highest BCUT2D eigenvalue weighted by Crippen LogP contribution is 2.34. The number of sulfonamides is 1. The molecule has 0 amide bonds. The number of nitrogens with zero attached hydrogens (tertiary/aromatic N) is 3. The summed E-state index contributed by atoms with van der Waals surface area (Å²) < 4.78 is 30.3. The highest BCUT2D eigenvalue weighted by Gasteiger charge is 2.24. The third kappa shape index (κ3) is 2.50. The third-order valence-corrected chi connectivity index (χ3v) is 7.04. The molecule has 2 heterocycles. The summed E-state index contributed by atoms with van der Waals surface area (Å²) in [7, 11) is -2.08. The molecule has 0 atom stereocenters. The lowest BCUT2D eigenvalue weighted by molar-refractivity contribution is 0.581. The van der Waals surface area contributed by atoms with Crippen molar-refractivity contribution in [3.8, 4) is 0 Å². The van der Waals surface area contributed by atoms with E-state index in [1.165, 1.54) is 40.0 Å². The molecule has 0 spiro atoms. The molecule has 1 N–H and O–H groups in total. The predicted molar refractivity (Wildman–Crippen MR) is 95.0 cm³/mol. The summed E-state index contributed by atoms with van der Waals surface area (Å²) in [5, 5.41) is 4.58. The molecule has 2 aromatic heterocycles. The Morgan fingerprint density at radius 2 is 2.04 bits per heavy atom. The summed E-state index contributed by atoms with van der Waals surface area (Å²) in [6.07, 6.45) is 6.02. The number of hydrogen-bond donors (Lipinski definition) is 1. The Bertz CT molecular complexity index is 1010. The third-order valence-electron chi connectivity index (χ3n) is 4.42. The molecule has 0 fully saturated rings. The number of fused-ring (bicyclic) bond motifs is 3. The summed E-state index contributed by atoms with van der Waals surface area (Å²) >= 11 is 1.37. The van der Waals surface area contributed by atoms with Gasteiger partial charge in [-0.3, -0.25) is 9.40 Å². The maximum atomic E-state index is 12.7. The Hall–Kier alpha value is -1.93. The first-order valence-corrected chi connectivity index (χ1v) is 10.2. The van der Waals surface area contributed by atoms with Crippen molar-refractivity contribution < 1.29 is 8.42 Å². The van der Waals surface area contributed by atoms with Gasteiger partial charge in [0.1, 0.15) is 0 Å². The van der Waals surface area contributed by atoms with Crippen LogP contribution in [0.4, 0.5) is 5.13 Å². The number of hydrogen-bond acceptors (Lipinski definition) is 5. The van der Waals surface area contributed by atoms with Gasteiger partial charge in [0, 0.05) is 12.6 Å². The molecule has 3 aromatic rings. The molecular weight excluding hydrogens is 344 g/mol. The van der Waals surface area contributed by atoms with Crippen molar-refractivity contribution in [2.75, 3.05) is 4.72 Å².